The van der Waals surface area contributed by atoms with Crippen LogP contribution in [-0.4, -0.2) is 26.8 Å². The molecule has 0 unspecified atom stereocenters. The lowest BCUT2D eigenvalue weighted by molar-refractivity contribution is 0.569. The lowest BCUT2D eigenvalue weighted by Crippen LogP contribution is -2.33. The van der Waals surface area contributed by atoms with Crippen molar-refractivity contribution in [2.75, 3.05) is 13.6 Å². The van der Waals surface area contributed by atoms with Gasteiger partial charge in [0, 0.05) is 6.54 Å². The number of nitrogens with one attached hydrogen (secondary N) is 1. The second-order valence-electron chi connectivity index (χ2n) is 5.44. The molecule has 1 aromatic rings. The largest absolute Gasteiger partial charge is 0.318 e. The van der Waals surface area contributed by atoms with E-state index >= 15 is 0 Å². The first-order chi connectivity index (χ1) is 8.43. The Morgan fingerprint density at radius 3 is 2.17 bits per heavy atom. The number of hydrogen-bond donors (Lipinski definition) is 1. The molecule has 0 aromatic heterocycles. The number of sulfone groups is 1. The van der Waals surface area contributed by atoms with Crippen molar-refractivity contribution in [3.05, 3.63) is 29.8 Å². The standard InChI is InChI=1S/C14H21NO2S/c1-11(2)12-4-6-13(7-5-12)18(16,17)14(8-9-14)10-15-3/h4-7,11,15H,8-10H2,1-3H3. The van der Waals surface area contributed by atoms with Gasteiger partial charge in [-0.1, -0.05) is 26.0 Å². The van der Waals surface area contributed by atoms with Crippen LogP contribution in [0.4, 0.5) is 0 Å². The maximum atomic E-state index is 12.5. The molecule has 0 spiro atoms. The molecule has 0 radical (unpaired) electrons. The van der Waals surface area contributed by atoms with Crippen molar-refractivity contribution in [3.8, 4) is 0 Å². The summed E-state index contributed by atoms with van der Waals surface area (Å²) in [7, 11) is -1.39. The third-order valence-electron chi connectivity index (χ3n) is 3.73. The number of benzene rings is 1. The molecule has 1 saturated carbocycles. The molecule has 0 bridgehead atoms. The SMILES string of the molecule is CNCC1(S(=O)(=O)c2ccc(C(C)C)cc2)CC1. The van der Waals surface area contributed by atoms with E-state index in [1.165, 1.54) is 5.56 Å². The van der Waals surface area contributed by atoms with E-state index in [9.17, 15) is 8.42 Å². The third kappa shape index (κ3) is 2.19. The molecule has 0 atom stereocenters. The van der Waals surface area contributed by atoms with Gasteiger partial charge >= 0.3 is 0 Å². The summed E-state index contributed by atoms with van der Waals surface area (Å²) in [6.07, 6.45) is 1.53. The molecule has 3 nitrogen and oxygen atoms in total. The smallest absolute Gasteiger partial charge is 0.185 e. The van der Waals surface area contributed by atoms with Crippen LogP contribution in [0.1, 0.15) is 38.2 Å². The van der Waals surface area contributed by atoms with Crippen LogP contribution >= 0.6 is 0 Å². The van der Waals surface area contributed by atoms with Crippen LogP contribution in [0, 0.1) is 0 Å². The van der Waals surface area contributed by atoms with E-state index in [1.807, 2.05) is 12.1 Å². The molecule has 0 aliphatic heterocycles. The van der Waals surface area contributed by atoms with Crippen molar-refractivity contribution < 1.29 is 8.42 Å². The summed E-state index contributed by atoms with van der Waals surface area (Å²) in [5.41, 5.74) is 1.17. The fourth-order valence-corrected chi connectivity index (χ4v) is 4.25. The van der Waals surface area contributed by atoms with Crippen LogP contribution < -0.4 is 5.32 Å². The second-order valence-corrected chi connectivity index (χ2v) is 7.78. The molecule has 0 amide bonds. The summed E-state index contributed by atoms with van der Waals surface area (Å²) < 4.78 is 24.5. The molecule has 0 saturated heterocycles. The summed E-state index contributed by atoms with van der Waals surface area (Å²) in [6, 6.07) is 7.35. The molecule has 1 aliphatic rings. The minimum absolute atomic E-state index is 0.425. The van der Waals surface area contributed by atoms with Gasteiger partial charge in [-0.25, -0.2) is 8.42 Å². The van der Waals surface area contributed by atoms with E-state index in [4.69, 9.17) is 0 Å². The molecular formula is C14H21NO2S. The first kappa shape index (κ1) is 13.6. The van der Waals surface area contributed by atoms with Gasteiger partial charge in [0.15, 0.2) is 9.84 Å². The average molecular weight is 267 g/mol. The lowest BCUT2D eigenvalue weighted by Gasteiger charge is -2.16. The summed E-state index contributed by atoms with van der Waals surface area (Å²) in [6.45, 7) is 4.75. The fourth-order valence-electron chi connectivity index (χ4n) is 2.28. The molecule has 1 N–H and O–H groups in total. The maximum absolute atomic E-state index is 12.5. The van der Waals surface area contributed by atoms with Gasteiger partial charge in [0.1, 0.15) is 0 Å². The highest BCUT2D eigenvalue weighted by Crippen LogP contribution is 2.46. The molecule has 1 aromatic carbocycles. The molecule has 18 heavy (non-hydrogen) atoms. The fraction of sp³-hybridized carbons (Fsp3) is 0.571. The van der Waals surface area contributed by atoms with Gasteiger partial charge in [0.05, 0.1) is 9.64 Å². The zero-order valence-electron chi connectivity index (χ0n) is 11.2. The predicted octanol–water partition coefficient (Wildman–Crippen LogP) is 2.34. The highest BCUT2D eigenvalue weighted by atomic mass is 32.2. The minimum atomic E-state index is -3.19. The van der Waals surface area contributed by atoms with E-state index in [2.05, 4.69) is 19.2 Å². The predicted molar refractivity (Wildman–Crippen MR) is 73.6 cm³/mol. The Morgan fingerprint density at radius 1 is 1.22 bits per heavy atom. The van der Waals surface area contributed by atoms with E-state index in [0.717, 1.165) is 12.8 Å². The third-order valence-corrected chi connectivity index (χ3v) is 6.32. The van der Waals surface area contributed by atoms with Crippen LogP contribution in [0.15, 0.2) is 29.2 Å². The van der Waals surface area contributed by atoms with Gasteiger partial charge in [-0.15, -0.1) is 0 Å². The Labute approximate surface area is 110 Å². The Hall–Kier alpha value is -0.870. The van der Waals surface area contributed by atoms with E-state index in [-0.39, 0.29) is 0 Å². The van der Waals surface area contributed by atoms with Crippen molar-refractivity contribution in [3.63, 3.8) is 0 Å². The summed E-state index contributed by atoms with van der Waals surface area (Å²) >= 11 is 0. The molecular weight excluding hydrogens is 246 g/mol. The highest BCUT2D eigenvalue weighted by molar-refractivity contribution is 7.93. The van der Waals surface area contributed by atoms with Gasteiger partial charge in [-0.3, -0.25) is 0 Å². The van der Waals surface area contributed by atoms with Crippen molar-refractivity contribution in [2.24, 2.45) is 0 Å². The topological polar surface area (TPSA) is 46.2 Å². The Kier molecular flexibility index (Phi) is 3.52. The molecule has 1 aliphatic carbocycles. The first-order valence-electron chi connectivity index (χ1n) is 6.42. The summed E-state index contributed by atoms with van der Waals surface area (Å²) in [5.74, 6) is 0.425. The Morgan fingerprint density at radius 2 is 1.78 bits per heavy atom. The normalized spacial score (nSPS) is 18.0. The van der Waals surface area contributed by atoms with Crippen LogP contribution in [0.3, 0.4) is 0 Å². The van der Waals surface area contributed by atoms with Crippen molar-refractivity contribution in [1.82, 2.24) is 5.32 Å². The molecule has 1 fully saturated rings. The van der Waals surface area contributed by atoms with Gasteiger partial charge in [0.25, 0.3) is 0 Å². The second kappa shape index (κ2) is 4.67. The van der Waals surface area contributed by atoms with Gasteiger partial charge in [-0.05, 0) is 43.5 Å². The lowest BCUT2D eigenvalue weighted by atomic mass is 10.0. The van der Waals surface area contributed by atoms with Crippen LogP contribution in [-0.2, 0) is 9.84 Å². The summed E-state index contributed by atoms with van der Waals surface area (Å²) in [4.78, 5) is 0.458. The van der Waals surface area contributed by atoms with E-state index in [0.29, 0.717) is 17.4 Å². The number of hydrogen-bond acceptors (Lipinski definition) is 3. The molecule has 2 rings (SSSR count). The molecule has 0 heterocycles. The minimum Gasteiger partial charge on any atom is -0.318 e. The molecule has 4 heteroatoms. The van der Waals surface area contributed by atoms with Crippen molar-refractivity contribution in [1.29, 1.82) is 0 Å². The average Bonchev–Trinajstić information content (AvgIpc) is 3.11. The van der Waals surface area contributed by atoms with E-state index in [1.54, 1.807) is 19.2 Å². The van der Waals surface area contributed by atoms with Crippen molar-refractivity contribution in [2.45, 2.75) is 42.2 Å². The summed E-state index contributed by atoms with van der Waals surface area (Å²) in [5, 5.41) is 3.00. The van der Waals surface area contributed by atoms with Crippen LogP contribution in [0.2, 0.25) is 0 Å². The molecule has 100 valence electrons. The van der Waals surface area contributed by atoms with Crippen molar-refractivity contribution >= 4 is 9.84 Å². The van der Waals surface area contributed by atoms with Crippen LogP contribution in [0.5, 0.6) is 0 Å². The van der Waals surface area contributed by atoms with E-state index < -0.39 is 14.6 Å². The highest BCUT2D eigenvalue weighted by Gasteiger charge is 2.54. The van der Waals surface area contributed by atoms with Gasteiger partial charge in [0.2, 0.25) is 0 Å². The maximum Gasteiger partial charge on any atom is 0.185 e. The zero-order chi connectivity index (χ0) is 13.4. The van der Waals surface area contributed by atoms with Gasteiger partial charge in [-0.2, -0.15) is 0 Å². The number of rotatable bonds is 5. The Balaban J connectivity index is 2.31. The first-order valence-corrected chi connectivity index (χ1v) is 7.90. The Bertz CT molecular complexity index is 513. The van der Waals surface area contributed by atoms with Crippen LogP contribution in [0.25, 0.3) is 0 Å². The van der Waals surface area contributed by atoms with Gasteiger partial charge < -0.3 is 5.32 Å². The monoisotopic (exact) mass is 267 g/mol. The zero-order valence-corrected chi connectivity index (χ0v) is 12.0. The quantitative estimate of drug-likeness (QED) is 0.890.